The van der Waals surface area contributed by atoms with Gasteiger partial charge in [0.1, 0.15) is 4.83 Å². The quantitative estimate of drug-likeness (QED) is 0.722. The van der Waals surface area contributed by atoms with Crippen LogP contribution in [-0.2, 0) is 0 Å². The van der Waals surface area contributed by atoms with E-state index in [1.165, 1.54) is 11.3 Å². The van der Waals surface area contributed by atoms with Gasteiger partial charge in [0.05, 0.1) is 16.3 Å². The fourth-order valence-electron chi connectivity index (χ4n) is 2.27. The monoisotopic (exact) mass is 384 g/mol. The molecule has 0 fully saturated rings. The van der Waals surface area contributed by atoms with E-state index in [4.69, 9.17) is 17.3 Å². The molecular weight excluding hydrogens is 367 g/mol. The van der Waals surface area contributed by atoms with E-state index in [2.05, 4.69) is 10.4 Å². The van der Waals surface area contributed by atoms with Crippen LogP contribution in [0.15, 0.2) is 30.3 Å². The van der Waals surface area contributed by atoms with E-state index >= 15 is 0 Å². The van der Waals surface area contributed by atoms with Crippen molar-refractivity contribution in [1.29, 1.82) is 0 Å². The van der Waals surface area contributed by atoms with Gasteiger partial charge in [-0.3, -0.25) is 4.79 Å². The molecule has 0 radical (unpaired) electrons. The van der Waals surface area contributed by atoms with E-state index in [-0.39, 0.29) is 24.4 Å². The van der Waals surface area contributed by atoms with Crippen LogP contribution in [0.2, 0.25) is 5.02 Å². The number of benzene rings is 1. The van der Waals surface area contributed by atoms with Crippen molar-refractivity contribution in [1.82, 2.24) is 15.1 Å². The zero-order valence-corrected chi connectivity index (χ0v) is 15.6. The molecular formula is C16H18Cl2N4OS. The molecule has 5 nitrogen and oxygen atoms in total. The van der Waals surface area contributed by atoms with E-state index in [1.807, 2.05) is 48.9 Å². The topological polar surface area (TPSA) is 72.9 Å². The molecule has 2 aromatic heterocycles. The van der Waals surface area contributed by atoms with Crippen LogP contribution in [-0.4, -0.2) is 28.3 Å². The van der Waals surface area contributed by atoms with Crippen molar-refractivity contribution in [2.75, 3.05) is 6.54 Å². The van der Waals surface area contributed by atoms with Gasteiger partial charge < -0.3 is 11.1 Å². The highest BCUT2D eigenvalue weighted by molar-refractivity contribution is 7.20. The number of thiophene rings is 1. The number of aryl methyl sites for hydroxylation is 1. The van der Waals surface area contributed by atoms with E-state index in [0.29, 0.717) is 16.4 Å². The van der Waals surface area contributed by atoms with Gasteiger partial charge in [-0.05, 0) is 44.2 Å². The molecule has 0 unspecified atom stereocenters. The molecule has 3 rings (SSSR count). The highest BCUT2D eigenvalue weighted by Gasteiger charge is 2.18. The molecule has 0 spiro atoms. The van der Waals surface area contributed by atoms with Gasteiger partial charge in [-0.2, -0.15) is 5.10 Å². The minimum absolute atomic E-state index is 0. The normalized spacial score (nSPS) is 12.0. The smallest absolute Gasteiger partial charge is 0.261 e. The molecule has 24 heavy (non-hydrogen) atoms. The van der Waals surface area contributed by atoms with Crippen molar-refractivity contribution in [3.8, 4) is 5.69 Å². The number of hydrogen-bond donors (Lipinski definition) is 2. The molecule has 0 bridgehead atoms. The van der Waals surface area contributed by atoms with Gasteiger partial charge in [0.15, 0.2) is 0 Å². The zero-order valence-electron chi connectivity index (χ0n) is 13.2. The number of aromatic nitrogens is 2. The van der Waals surface area contributed by atoms with Crippen LogP contribution >= 0.6 is 35.3 Å². The van der Waals surface area contributed by atoms with Gasteiger partial charge in [0.25, 0.3) is 5.91 Å². The Hall–Kier alpha value is -1.60. The number of fused-ring (bicyclic) bond motifs is 1. The Morgan fingerprint density at radius 1 is 1.42 bits per heavy atom. The Balaban J connectivity index is 0.00000208. The van der Waals surface area contributed by atoms with Crippen LogP contribution < -0.4 is 11.1 Å². The zero-order chi connectivity index (χ0) is 16.6. The number of rotatable bonds is 4. The van der Waals surface area contributed by atoms with Gasteiger partial charge in [-0.15, -0.1) is 23.7 Å². The largest absolute Gasteiger partial charge is 0.348 e. The van der Waals surface area contributed by atoms with Crippen LogP contribution in [0.25, 0.3) is 15.9 Å². The third-order valence-corrected chi connectivity index (χ3v) is 4.93. The van der Waals surface area contributed by atoms with Gasteiger partial charge in [0.2, 0.25) is 0 Å². The maximum Gasteiger partial charge on any atom is 0.261 e. The van der Waals surface area contributed by atoms with Gasteiger partial charge >= 0.3 is 0 Å². The fourth-order valence-corrected chi connectivity index (χ4v) is 3.48. The molecule has 1 amide bonds. The predicted octanol–water partition coefficient (Wildman–Crippen LogP) is 3.55. The lowest BCUT2D eigenvalue weighted by atomic mass is 10.3. The summed E-state index contributed by atoms with van der Waals surface area (Å²) in [6.45, 7) is 4.23. The molecule has 0 aliphatic heterocycles. The standard InChI is InChI=1S/C16H17ClN4OS.ClH/c1-9(8-18)19-15(22)14-7-13-10(2)20-21(16(13)23-14)12-5-3-11(17)4-6-12;/h3-7,9H,8,18H2,1-2H3,(H,19,22);1H/t9-;/m0./s1. The van der Waals surface area contributed by atoms with E-state index < -0.39 is 0 Å². The Morgan fingerprint density at radius 3 is 2.71 bits per heavy atom. The first-order valence-electron chi connectivity index (χ1n) is 7.25. The number of amides is 1. The fraction of sp³-hybridized carbons (Fsp3) is 0.250. The summed E-state index contributed by atoms with van der Waals surface area (Å²) in [5, 5.41) is 9.10. The molecule has 0 saturated heterocycles. The summed E-state index contributed by atoms with van der Waals surface area (Å²) >= 11 is 7.36. The first-order valence-corrected chi connectivity index (χ1v) is 8.45. The van der Waals surface area contributed by atoms with Crippen molar-refractivity contribution in [2.24, 2.45) is 5.73 Å². The van der Waals surface area contributed by atoms with E-state index in [1.54, 1.807) is 0 Å². The van der Waals surface area contributed by atoms with Crippen molar-refractivity contribution in [3.05, 3.63) is 45.9 Å². The average molecular weight is 385 g/mol. The van der Waals surface area contributed by atoms with Crippen LogP contribution in [0.1, 0.15) is 22.3 Å². The highest BCUT2D eigenvalue weighted by atomic mass is 35.5. The lowest BCUT2D eigenvalue weighted by Gasteiger charge is -2.09. The molecule has 1 aromatic carbocycles. The molecule has 0 saturated carbocycles. The Morgan fingerprint density at radius 2 is 2.08 bits per heavy atom. The van der Waals surface area contributed by atoms with Crippen LogP contribution in [0, 0.1) is 6.92 Å². The summed E-state index contributed by atoms with van der Waals surface area (Å²) in [5.74, 6) is -0.105. The third kappa shape index (κ3) is 3.57. The first kappa shape index (κ1) is 18.7. The summed E-state index contributed by atoms with van der Waals surface area (Å²) < 4.78 is 1.84. The van der Waals surface area contributed by atoms with Crippen molar-refractivity contribution < 1.29 is 4.79 Å². The summed E-state index contributed by atoms with van der Waals surface area (Å²) in [6.07, 6.45) is 0. The molecule has 3 N–H and O–H groups in total. The van der Waals surface area contributed by atoms with Gasteiger partial charge in [-0.25, -0.2) is 4.68 Å². The molecule has 0 aliphatic rings. The minimum Gasteiger partial charge on any atom is -0.348 e. The molecule has 128 valence electrons. The highest BCUT2D eigenvalue weighted by Crippen LogP contribution is 2.30. The number of carbonyl (C=O) groups is 1. The molecule has 2 heterocycles. The molecule has 0 aliphatic carbocycles. The van der Waals surface area contributed by atoms with Crippen molar-refractivity contribution in [3.63, 3.8) is 0 Å². The minimum atomic E-state index is -0.105. The second-order valence-electron chi connectivity index (χ2n) is 5.41. The first-order chi connectivity index (χ1) is 11.0. The summed E-state index contributed by atoms with van der Waals surface area (Å²) in [4.78, 5) is 13.9. The van der Waals surface area contributed by atoms with E-state index in [9.17, 15) is 4.79 Å². The average Bonchev–Trinajstić information content (AvgIpc) is 3.09. The summed E-state index contributed by atoms with van der Waals surface area (Å²) in [5.41, 5.74) is 7.35. The predicted molar refractivity (Wildman–Crippen MR) is 102 cm³/mol. The second kappa shape index (κ2) is 7.53. The number of carbonyl (C=O) groups excluding carboxylic acids is 1. The number of nitrogens with one attached hydrogen (secondary N) is 1. The molecule has 8 heteroatoms. The Bertz CT molecular complexity index is 857. The summed E-state index contributed by atoms with van der Waals surface area (Å²) in [6, 6.07) is 9.29. The van der Waals surface area contributed by atoms with Crippen molar-refractivity contribution in [2.45, 2.75) is 19.9 Å². The number of nitrogens with two attached hydrogens (primary N) is 1. The third-order valence-electron chi connectivity index (χ3n) is 3.57. The summed E-state index contributed by atoms with van der Waals surface area (Å²) in [7, 11) is 0. The number of nitrogens with zero attached hydrogens (tertiary/aromatic N) is 2. The van der Waals surface area contributed by atoms with Gasteiger partial charge in [-0.1, -0.05) is 11.6 Å². The van der Waals surface area contributed by atoms with E-state index in [0.717, 1.165) is 21.6 Å². The number of halogens is 2. The Kier molecular flexibility index (Phi) is 5.87. The Labute approximate surface area is 155 Å². The van der Waals surface area contributed by atoms with Gasteiger partial charge in [0, 0.05) is 23.0 Å². The molecule has 1 atom stereocenters. The maximum atomic E-state index is 12.3. The SMILES string of the molecule is Cc1nn(-c2ccc(Cl)cc2)c2sc(C(=O)N[C@@H](C)CN)cc12.Cl. The van der Waals surface area contributed by atoms with Crippen LogP contribution in [0.4, 0.5) is 0 Å². The maximum absolute atomic E-state index is 12.3. The molecule has 3 aromatic rings. The number of hydrogen-bond acceptors (Lipinski definition) is 4. The lowest BCUT2D eigenvalue weighted by Crippen LogP contribution is -2.37. The lowest BCUT2D eigenvalue weighted by molar-refractivity contribution is 0.0945. The van der Waals surface area contributed by atoms with Crippen LogP contribution in [0.3, 0.4) is 0 Å². The second-order valence-corrected chi connectivity index (χ2v) is 6.88. The van der Waals surface area contributed by atoms with Crippen molar-refractivity contribution >= 4 is 51.5 Å². The van der Waals surface area contributed by atoms with Crippen LogP contribution in [0.5, 0.6) is 0 Å².